The van der Waals surface area contributed by atoms with E-state index in [0.29, 0.717) is 25.9 Å². The number of halogens is 2. The number of sulfonamides is 1. The third-order valence-electron chi connectivity index (χ3n) is 4.51. The largest absolute Gasteiger partial charge is 0.383 e. The fraction of sp³-hybridized carbons (Fsp3) is 0.353. The smallest absolute Gasteiger partial charge is 0.224 e. The minimum absolute atomic E-state index is 0.00118. The van der Waals surface area contributed by atoms with Gasteiger partial charge in [-0.15, -0.1) is 0 Å². The number of hydrogen-bond acceptors (Lipinski definition) is 7. The van der Waals surface area contributed by atoms with Gasteiger partial charge in [-0.05, 0) is 25.0 Å². The molecule has 1 saturated heterocycles. The Bertz CT molecular complexity index is 988. The van der Waals surface area contributed by atoms with Gasteiger partial charge < -0.3 is 11.1 Å². The monoisotopic (exact) mass is 427 g/mol. The standard InChI is InChI=1S/C17H19F2N5O2S2/c1-28(25,26)24-7-5-10(6-8-24)22-17-21-9-11(16(20)23-17)15(27)14-12(18)3-2-4-13(14)19/h2-4,9-10H,5-8H2,1H3,(H3,20,21,22,23). The van der Waals surface area contributed by atoms with E-state index >= 15 is 0 Å². The Morgan fingerprint density at radius 3 is 2.43 bits per heavy atom. The molecule has 1 aliphatic heterocycles. The van der Waals surface area contributed by atoms with Gasteiger partial charge in [0, 0.05) is 25.3 Å². The maximum Gasteiger partial charge on any atom is 0.224 e. The number of nitrogens with one attached hydrogen (secondary N) is 1. The number of nitrogens with zero attached hydrogens (tertiary/aromatic N) is 3. The lowest BCUT2D eigenvalue weighted by Crippen LogP contribution is -2.42. The van der Waals surface area contributed by atoms with Gasteiger partial charge in [0.05, 0.1) is 22.2 Å². The number of nitrogens with two attached hydrogens (primary N) is 1. The number of hydrogen-bond donors (Lipinski definition) is 2. The summed E-state index contributed by atoms with van der Waals surface area (Å²) in [6, 6.07) is 3.46. The van der Waals surface area contributed by atoms with E-state index in [1.807, 2.05) is 0 Å². The molecule has 150 valence electrons. The summed E-state index contributed by atoms with van der Waals surface area (Å²) in [5, 5.41) is 3.11. The second-order valence-electron chi connectivity index (χ2n) is 6.50. The van der Waals surface area contributed by atoms with Crippen LogP contribution in [0.15, 0.2) is 24.4 Å². The summed E-state index contributed by atoms with van der Waals surface area (Å²) < 4.78 is 52.5. The van der Waals surface area contributed by atoms with E-state index in [2.05, 4.69) is 15.3 Å². The first-order chi connectivity index (χ1) is 13.2. The number of aromatic nitrogens is 2. The predicted octanol–water partition coefficient (Wildman–Crippen LogP) is 1.94. The van der Waals surface area contributed by atoms with Crippen molar-refractivity contribution in [3.8, 4) is 0 Å². The van der Waals surface area contributed by atoms with Gasteiger partial charge in [-0.2, -0.15) is 4.98 Å². The fourth-order valence-electron chi connectivity index (χ4n) is 3.00. The Morgan fingerprint density at radius 1 is 1.29 bits per heavy atom. The highest BCUT2D eigenvalue weighted by Gasteiger charge is 2.25. The maximum atomic E-state index is 14.0. The number of rotatable bonds is 5. The molecular formula is C17H19F2N5O2S2. The summed E-state index contributed by atoms with van der Waals surface area (Å²) in [6.07, 6.45) is 3.70. The molecule has 0 aliphatic carbocycles. The summed E-state index contributed by atoms with van der Waals surface area (Å²) in [4.78, 5) is 8.16. The highest BCUT2D eigenvalue weighted by molar-refractivity contribution is 7.88. The minimum atomic E-state index is -3.20. The summed E-state index contributed by atoms with van der Waals surface area (Å²) >= 11 is 5.18. The van der Waals surface area contributed by atoms with E-state index in [0.717, 1.165) is 12.1 Å². The molecule has 0 saturated carbocycles. The van der Waals surface area contributed by atoms with Gasteiger partial charge in [0.25, 0.3) is 0 Å². The second kappa shape index (κ2) is 8.02. The summed E-state index contributed by atoms with van der Waals surface area (Å²) in [7, 11) is -3.20. The Morgan fingerprint density at radius 2 is 1.89 bits per heavy atom. The molecule has 0 atom stereocenters. The van der Waals surface area contributed by atoms with E-state index in [4.69, 9.17) is 18.0 Å². The van der Waals surface area contributed by atoms with Crippen LogP contribution >= 0.6 is 12.2 Å². The molecule has 7 nitrogen and oxygen atoms in total. The number of anilines is 2. The Labute approximate surface area is 167 Å². The minimum Gasteiger partial charge on any atom is -0.383 e. The van der Waals surface area contributed by atoms with Crippen molar-refractivity contribution in [1.82, 2.24) is 14.3 Å². The van der Waals surface area contributed by atoms with Gasteiger partial charge in [0.2, 0.25) is 16.0 Å². The molecule has 0 radical (unpaired) electrons. The van der Waals surface area contributed by atoms with Crippen molar-refractivity contribution < 1.29 is 17.2 Å². The fourth-order valence-corrected chi connectivity index (χ4v) is 4.23. The predicted molar refractivity (Wildman–Crippen MR) is 107 cm³/mol. The van der Waals surface area contributed by atoms with Crippen LogP contribution in [0.25, 0.3) is 0 Å². The van der Waals surface area contributed by atoms with Crippen LogP contribution < -0.4 is 11.1 Å². The first kappa shape index (κ1) is 20.5. The number of nitrogen functional groups attached to an aromatic ring is 1. The molecule has 0 unspecified atom stereocenters. The quantitative estimate of drug-likeness (QED) is 0.555. The van der Waals surface area contributed by atoms with Crippen LogP contribution in [-0.2, 0) is 10.0 Å². The van der Waals surface area contributed by atoms with Crippen LogP contribution in [-0.4, -0.2) is 52.9 Å². The highest BCUT2D eigenvalue weighted by Crippen LogP contribution is 2.22. The lowest BCUT2D eigenvalue weighted by atomic mass is 10.1. The topological polar surface area (TPSA) is 101 Å². The van der Waals surface area contributed by atoms with E-state index in [-0.39, 0.29) is 33.8 Å². The second-order valence-corrected chi connectivity index (χ2v) is 8.89. The molecule has 1 aliphatic rings. The number of thiocarbonyl (C=S) groups is 1. The van der Waals surface area contributed by atoms with E-state index in [1.165, 1.54) is 22.8 Å². The lowest BCUT2D eigenvalue weighted by Gasteiger charge is -2.30. The highest BCUT2D eigenvalue weighted by atomic mass is 32.2. The van der Waals surface area contributed by atoms with Gasteiger partial charge in [-0.1, -0.05) is 18.3 Å². The zero-order valence-electron chi connectivity index (χ0n) is 15.0. The Kier molecular flexibility index (Phi) is 5.87. The Hall–Kier alpha value is -2.24. The molecule has 2 aromatic rings. The molecule has 1 aromatic heterocycles. The molecule has 3 N–H and O–H groups in total. The van der Waals surface area contributed by atoms with Crippen molar-refractivity contribution in [2.75, 3.05) is 30.4 Å². The van der Waals surface area contributed by atoms with Crippen molar-refractivity contribution in [1.29, 1.82) is 0 Å². The van der Waals surface area contributed by atoms with Crippen molar-refractivity contribution >= 4 is 38.9 Å². The molecule has 0 spiro atoms. The van der Waals surface area contributed by atoms with Gasteiger partial charge in [-0.3, -0.25) is 0 Å². The lowest BCUT2D eigenvalue weighted by molar-refractivity contribution is 0.331. The van der Waals surface area contributed by atoms with Crippen LogP contribution in [0.2, 0.25) is 0 Å². The molecule has 3 rings (SSSR count). The van der Waals surface area contributed by atoms with E-state index in [9.17, 15) is 17.2 Å². The maximum absolute atomic E-state index is 14.0. The molecule has 1 fully saturated rings. The zero-order valence-corrected chi connectivity index (χ0v) is 16.7. The number of piperidine rings is 1. The molecule has 2 heterocycles. The molecule has 28 heavy (non-hydrogen) atoms. The summed E-state index contributed by atoms with van der Waals surface area (Å²) in [5.74, 6) is -1.33. The van der Waals surface area contributed by atoms with E-state index < -0.39 is 21.7 Å². The summed E-state index contributed by atoms with van der Waals surface area (Å²) in [5.41, 5.74) is 5.75. The SMILES string of the molecule is CS(=O)(=O)N1CCC(Nc2ncc(C(=S)c3c(F)cccc3F)c(N)n2)CC1. The third kappa shape index (κ3) is 4.42. The van der Waals surface area contributed by atoms with Crippen LogP contribution in [0.1, 0.15) is 24.0 Å². The van der Waals surface area contributed by atoms with Crippen molar-refractivity contribution in [2.24, 2.45) is 0 Å². The zero-order chi connectivity index (χ0) is 20.5. The molecule has 0 bridgehead atoms. The van der Waals surface area contributed by atoms with Gasteiger partial charge in [0.15, 0.2) is 0 Å². The van der Waals surface area contributed by atoms with Gasteiger partial charge >= 0.3 is 0 Å². The normalized spacial score (nSPS) is 16.1. The van der Waals surface area contributed by atoms with Crippen LogP contribution in [0.3, 0.4) is 0 Å². The number of benzene rings is 1. The van der Waals surface area contributed by atoms with E-state index in [1.54, 1.807) is 0 Å². The first-order valence-corrected chi connectivity index (χ1v) is 10.8. The van der Waals surface area contributed by atoms with Crippen molar-refractivity contribution in [3.05, 3.63) is 47.2 Å². The summed E-state index contributed by atoms with van der Waals surface area (Å²) in [6.45, 7) is 0.807. The average Bonchev–Trinajstić information content (AvgIpc) is 2.61. The molecule has 1 aromatic carbocycles. The molecule has 0 amide bonds. The van der Waals surface area contributed by atoms with Gasteiger partial charge in [-0.25, -0.2) is 26.5 Å². The average molecular weight is 428 g/mol. The van der Waals surface area contributed by atoms with Gasteiger partial charge in [0.1, 0.15) is 17.5 Å². The third-order valence-corrected chi connectivity index (χ3v) is 6.24. The first-order valence-electron chi connectivity index (χ1n) is 8.49. The van der Waals surface area contributed by atoms with Crippen LogP contribution in [0.4, 0.5) is 20.5 Å². The van der Waals surface area contributed by atoms with Crippen molar-refractivity contribution in [3.63, 3.8) is 0 Å². The van der Waals surface area contributed by atoms with Crippen LogP contribution in [0.5, 0.6) is 0 Å². The van der Waals surface area contributed by atoms with Crippen molar-refractivity contribution in [2.45, 2.75) is 18.9 Å². The van der Waals surface area contributed by atoms with Crippen LogP contribution in [0, 0.1) is 11.6 Å². The Balaban J connectivity index is 1.72. The molecule has 11 heteroatoms. The molecular weight excluding hydrogens is 408 g/mol.